The summed E-state index contributed by atoms with van der Waals surface area (Å²) < 4.78 is 0. The molecule has 0 aliphatic heterocycles. The highest BCUT2D eigenvalue weighted by molar-refractivity contribution is 7.80. The molecule has 1 heterocycles. The highest BCUT2D eigenvalue weighted by atomic mass is 32.1. The summed E-state index contributed by atoms with van der Waals surface area (Å²) in [4.78, 5) is 13.3. The number of nitrogens with two attached hydrogens (primary N) is 1. The van der Waals surface area contributed by atoms with Crippen LogP contribution >= 0.6 is 23.6 Å². The smallest absolute Gasteiger partial charge is 0.232 e. The van der Waals surface area contributed by atoms with Gasteiger partial charge in [-0.15, -0.1) is 11.3 Å². The molecule has 17 heavy (non-hydrogen) atoms. The molecule has 0 spiro atoms. The van der Waals surface area contributed by atoms with Gasteiger partial charge in [0, 0.05) is 4.88 Å². The van der Waals surface area contributed by atoms with Gasteiger partial charge in [0.25, 0.3) is 0 Å². The van der Waals surface area contributed by atoms with Crippen LogP contribution in [0.15, 0.2) is 11.4 Å². The lowest BCUT2D eigenvalue weighted by Gasteiger charge is -2.21. The third-order valence-corrected chi connectivity index (χ3v) is 4.29. The van der Waals surface area contributed by atoms with Crippen LogP contribution in [-0.2, 0) is 17.8 Å². The maximum absolute atomic E-state index is 11.9. The molecule has 1 aromatic rings. The van der Waals surface area contributed by atoms with Crippen molar-refractivity contribution in [2.24, 2.45) is 11.1 Å². The number of thiophene rings is 1. The maximum Gasteiger partial charge on any atom is 0.232 e. The van der Waals surface area contributed by atoms with Crippen molar-refractivity contribution in [1.82, 2.24) is 5.32 Å². The zero-order valence-electron chi connectivity index (χ0n) is 10.4. The second-order valence-corrected chi connectivity index (χ2v) is 5.83. The van der Waals surface area contributed by atoms with Crippen LogP contribution in [-0.4, -0.2) is 10.9 Å². The molecular weight excluding hydrogens is 252 g/mol. The summed E-state index contributed by atoms with van der Waals surface area (Å²) in [6.07, 6.45) is 0.980. The standard InChI is InChI=1S/C12H18N2OS2/c1-4-8-5-6-17-9(8)7-14-11(15)12(2,3)10(13)16/h5-6H,4,7H2,1-3H3,(H2,13,16)(H,14,15). The molecule has 5 heteroatoms. The molecule has 0 fully saturated rings. The first-order chi connectivity index (χ1) is 7.89. The predicted molar refractivity (Wildman–Crippen MR) is 76.1 cm³/mol. The van der Waals surface area contributed by atoms with Crippen LogP contribution in [0.25, 0.3) is 0 Å². The van der Waals surface area contributed by atoms with Crippen molar-refractivity contribution >= 4 is 34.5 Å². The van der Waals surface area contributed by atoms with Crippen molar-refractivity contribution in [2.45, 2.75) is 33.7 Å². The largest absolute Gasteiger partial charge is 0.392 e. The number of thiocarbonyl (C=S) groups is 1. The number of aryl methyl sites for hydroxylation is 1. The summed E-state index contributed by atoms with van der Waals surface area (Å²) in [6, 6.07) is 2.09. The van der Waals surface area contributed by atoms with Crippen molar-refractivity contribution in [3.05, 3.63) is 21.9 Å². The van der Waals surface area contributed by atoms with Gasteiger partial charge in [-0.25, -0.2) is 0 Å². The van der Waals surface area contributed by atoms with E-state index in [-0.39, 0.29) is 10.9 Å². The van der Waals surface area contributed by atoms with Crippen LogP contribution < -0.4 is 11.1 Å². The molecule has 0 bridgehead atoms. The average Bonchev–Trinajstić information content (AvgIpc) is 2.72. The summed E-state index contributed by atoms with van der Waals surface area (Å²) in [6.45, 7) is 6.12. The number of hydrogen-bond acceptors (Lipinski definition) is 3. The Morgan fingerprint density at radius 2 is 2.24 bits per heavy atom. The van der Waals surface area contributed by atoms with Gasteiger partial charge in [0.1, 0.15) is 0 Å². The van der Waals surface area contributed by atoms with E-state index in [1.165, 1.54) is 10.4 Å². The van der Waals surface area contributed by atoms with Gasteiger partial charge >= 0.3 is 0 Å². The Labute approximate surface area is 111 Å². The summed E-state index contributed by atoms with van der Waals surface area (Å²) in [7, 11) is 0. The van der Waals surface area contributed by atoms with Crippen molar-refractivity contribution in [3.63, 3.8) is 0 Å². The van der Waals surface area contributed by atoms with E-state index >= 15 is 0 Å². The van der Waals surface area contributed by atoms with Crippen LogP contribution in [0.5, 0.6) is 0 Å². The number of nitrogens with one attached hydrogen (secondary N) is 1. The fraction of sp³-hybridized carbons (Fsp3) is 0.500. The molecule has 3 N–H and O–H groups in total. The minimum absolute atomic E-state index is 0.125. The number of carbonyl (C=O) groups excluding carboxylic acids is 1. The van der Waals surface area contributed by atoms with Crippen molar-refractivity contribution in [1.29, 1.82) is 0 Å². The third kappa shape index (κ3) is 3.26. The highest BCUT2D eigenvalue weighted by Gasteiger charge is 2.30. The Kier molecular flexibility index (Phi) is 4.65. The van der Waals surface area contributed by atoms with Gasteiger partial charge in [-0.1, -0.05) is 19.1 Å². The molecule has 0 atom stereocenters. The summed E-state index contributed by atoms with van der Waals surface area (Å²) in [5.74, 6) is -0.125. The van der Waals surface area contributed by atoms with E-state index < -0.39 is 5.41 Å². The lowest BCUT2D eigenvalue weighted by molar-refractivity contribution is -0.126. The SMILES string of the molecule is CCc1ccsc1CNC(=O)C(C)(C)C(N)=S. The van der Waals surface area contributed by atoms with Crippen LogP contribution in [0, 0.1) is 5.41 Å². The molecule has 3 nitrogen and oxygen atoms in total. The third-order valence-electron chi connectivity index (χ3n) is 2.81. The topological polar surface area (TPSA) is 55.1 Å². The van der Waals surface area contributed by atoms with E-state index in [2.05, 4.69) is 18.3 Å². The molecule has 0 unspecified atom stereocenters. The molecule has 0 aliphatic rings. The normalized spacial score (nSPS) is 11.2. The molecule has 94 valence electrons. The summed E-state index contributed by atoms with van der Waals surface area (Å²) >= 11 is 6.55. The van der Waals surface area contributed by atoms with Crippen molar-refractivity contribution < 1.29 is 4.79 Å². The fourth-order valence-corrected chi connectivity index (χ4v) is 2.34. The number of amides is 1. The molecule has 1 aromatic heterocycles. The van der Waals surface area contributed by atoms with E-state index in [4.69, 9.17) is 18.0 Å². The summed E-state index contributed by atoms with van der Waals surface area (Å²) in [5.41, 5.74) is 6.04. The van der Waals surface area contributed by atoms with E-state index in [0.717, 1.165) is 6.42 Å². The number of hydrogen-bond donors (Lipinski definition) is 2. The van der Waals surface area contributed by atoms with Crippen molar-refractivity contribution in [3.8, 4) is 0 Å². The predicted octanol–water partition coefficient (Wildman–Crippen LogP) is 2.24. The molecule has 0 radical (unpaired) electrons. The first-order valence-electron chi connectivity index (χ1n) is 5.53. The zero-order valence-corrected chi connectivity index (χ0v) is 12.0. The van der Waals surface area contributed by atoms with Gasteiger partial charge in [-0.3, -0.25) is 4.79 Å². The van der Waals surface area contributed by atoms with Gasteiger partial charge in [0.15, 0.2) is 0 Å². The van der Waals surface area contributed by atoms with Crippen molar-refractivity contribution in [2.75, 3.05) is 0 Å². The molecule has 0 saturated heterocycles. The minimum Gasteiger partial charge on any atom is -0.392 e. The molecule has 0 aliphatic carbocycles. The summed E-state index contributed by atoms with van der Waals surface area (Å²) in [5, 5.41) is 4.93. The van der Waals surface area contributed by atoms with Crippen LogP contribution in [0.2, 0.25) is 0 Å². The number of rotatable bonds is 5. The van der Waals surface area contributed by atoms with Gasteiger partial charge in [0.2, 0.25) is 5.91 Å². The van der Waals surface area contributed by atoms with Crippen LogP contribution in [0.1, 0.15) is 31.2 Å². The van der Waals surface area contributed by atoms with Gasteiger partial charge in [-0.05, 0) is 37.3 Å². The second-order valence-electron chi connectivity index (χ2n) is 4.39. The molecule has 1 rings (SSSR count). The molecular formula is C12H18N2OS2. The van der Waals surface area contributed by atoms with E-state index in [1.807, 2.05) is 5.38 Å². The first-order valence-corrected chi connectivity index (χ1v) is 6.81. The Hall–Kier alpha value is -0.940. The minimum atomic E-state index is -0.793. The quantitative estimate of drug-likeness (QED) is 0.807. The lowest BCUT2D eigenvalue weighted by atomic mass is 9.92. The van der Waals surface area contributed by atoms with E-state index in [1.54, 1.807) is 25.2 Å². The lowest BCUT2D eigenvalue weighted by Crippen LogP contribution is -2.44. The number of carbonyl (C=O) groups is 1. The van der Waals surface area contributed by atoms with Crippen LogP contribution in [0.4, 0.5) is 0 Å². The Morgan fingerprint density at radius 1 is 1.59 bits per heavy atom. The van der Waals surface area contributed by atoms with Crippen LogP contribution in [0.3, 0.4) is 0 Å². The fourth-order valence-electron chi connectivity index (χ4n) is 1.33. The molecule has 0 aromatic carbocycles. The monoisotopic (exact) mass is 270 g/mol. The Bertz CT molecular complexity index is 424. The van der Waals surface area contributed by atoms with E-state index in [0.29, 0.717) is 6.54 Å². The second kappa shape index (κ2) is 5.60. The zero-order chi connectivity index (χ0) is 13.1. The first kappa shape index (κ1) is 14.1. The highest BCUT2D eigenvalue weighted by Crippen LogP contribution is 2.19. The van der Waals surface area contributed by atoms with E-state index in [9.17, 15) is 4.79 Å². The Morgan fingerprint density at radius 3 is 2.76 bits per heavy atom. The Balaban J connectivity index is 2.63. The van der Waals surface area contributed by atoms with Gasteiger partial charge in [0.05, 0.1) is 16.9 Å². The molecule has 0 saturated carbocycles. The average molecular weight is 270 g/mol. The maximum atomic E-state index is 11.9. The molecule has 1 amide bonds. The van der Waals surface area contributed by atoms with Gasteiger partial charge in [-0.2, -0.15) is 0 Å². The van der Waals surface area contributed by atoms with Gasteiger partial charge < -0.3 is 11.1 Å².